The third-order valence-corrected chi connectivity index (χ3v) is 3.15. The lowest BCUT2D eigenvalue weighted by molar-refractivity contribution is 0.0579. The molecule has 0 amide bonds. The number of aryl methyl sites for hydroxylation is 1. The highest BCUT2D eigenvalue weighted by Gasteiger charge is 2.26. The van der Waals surface area contributed by atoms with E-state index in [4.69, 9.17) is 22.2 Å². The van der Waals surface area contributed by atoms with E-state index in [1.807, 2.05) is 11.6 Å². The first-order chi connectivity index (χ1) is 8.19. The summed E-state index contributed by atoms with van der Waals surface area (Å²) in [4.78, 5) is 0. The van der Waals surface area contributed by atoms with Crippen LogP contribution in [-0.2, 0) is 11.3 Å². The molecule has 0 bridgehead atoms. The number of methoxy groups -OCH3 is 1. The van der Waals surface area contributed by atoms with E-state index in [2.05, 4.69) is 17.4 Å². The molecule has 98 valence electrons. The van der Waals surface area contributed by atoms with Gasteiger partial charge in [-0.1, -0.05) is 24.9 Å². The van der Waals surface area contributed by atoms with Crippen LogP contribution in [0.2, 0.25) is 5.02 Å². The Hall–Kier alpha value is -0.620. The Kier molecular flexibility index (Phi) is 5.91. The Morgan fingerprint density at radius 2 is 2.29 bits per heavy atom. The summed E-state index contributed by atoms with van der Waals surface area (Å²) in [6.07, 6.45) is 3.57. The number of aromatic nitrogens is 2. The molecule has 1 heterocycles. The molecule has 0 aliphatic carbocycles. The molecule has 0 saturated heterocycles. The van der Waals surface area contributed by atoms with Crippen LogP contribution in [0.5, 0.6) is 0 Å². The number of rotatable bonds is 7. The highest BCUT2D eigenvalue weighted by Crippen LogP contribution is 2.27. The van der Waals surface area contributed by atoms with Crippen molar-refractivity contribution in [2.24, 2.45) is 5.84 Å². The molecule has 0 aliphatic rings. The third kappa shape index (κ3) is 3.19. The lowest BCUT2D eigenvalue weighted by atomic mass is 10.0. The zero-order chi connectivity index (χ0) is 12.8. The van der Waals surface area contributed by atoms with Crippen molar-refractivity contribution in [2.75, 3.05) is 7.11 Å². The first kappa shape index (κ1) is 14.4. The minimum absolute atomic E-state index is 0.00972. The second-order valence-corrected chi connectivity index (χ2v) is 4.31. The highest BCUT2D eigenvalue weighted by atomic mass is 35.5. The number of hydrazine groups is 1. The van der Waals surface area contributed by atoms with E-state index in [9.17, 15) is 0 Å². The Bertz CT molecular complexity index is 342. The topological polar surface area (TPSA) is 65.1 Å². The standard InChI is InChI=1S/C11H21ClN4O/c1-4-6-9(17-3)10(15-13)11-8(12)7-14-16(11)5-2/h7,9-10,15H,4-6,13H2,1-3H3. The zero-order valence-electron chi connectivity index (χ0n) is 10.6. The van der Waals surface area contributed by atoms with Crippen LogP contribution in [0, 0.1) is 0 Å². The van der Waals surface area contributed by atoms with E-state index in [1.54, 1.807) is 13.3 Å². The molecule has 0 aliphatic heterocycles. The quantitative estimate of drug-likeness (QED) is 0.580. The van der Waals surface area contributed by atoms with Crippen molar-refractivity contribution < 1.29 is 4.74 Å². The summed E-state index contributed by atoms with van der Waals surface area (Å²) in [6.45, 7) is 4.88. The summed E-state index contributed by atoms with van der Waals surface area (Å²) in [5.41, 5.74) is 3.67. The first-order valence-corrected chi connectivity index (χ1v) is 6.27. The van der Waals surface area contributed by atoms with Crippen molar-refractivity contribution in [2.45, 2.75) is 45.4 Å². The number of nitrogens with one attached hydrogen (secondary N) is 1. The molecule has 0 aromatic carbocycles. The molecule has 0 radical (unpaired) electrons. The van der Waals surface area contributed by atoms with Gasteiger partial charge in [0, 0.05) is 13.7 Å². The van der Waals surface area contributed by atoms with Crippen LogP contribution in [0.25, 0.3) is 0 Å². The average molecular weight is 261 g/mol. The van der Waals surface area contributed by atoms with Crippen molar-refractivity contribution in [3.8, 4) is 0 Å². The average Bonchev–Trinajstić information content (AvgIpc) is 2.71. The van der Waals surface area contributed by atoms with Gasteiger partial charge in [0.15, 0.2) is 0 Å². The maximum absolute atomic E-state index is 6.16. The van der Waals surface area contributed by atoms with Crippen molar-refractivity contribution in [3.05, 3.63) is 16.9 Å². The lowest BCUT2D eigenvalue weighted by Gasteiger charge is -2.26. The molecule has 1 aromatic rings. The summed E-state index contributed by atoms with van der Waals surface area (Å²) in [6, 6.07) is -0.144. The molecule has 0 fully saturated rings. The van der Waals surface area contributed by atoms with Crippen LogP contribution in [-0.4, -0.2) is 23.0 Å². The molecule has 1 rings (SSSR count). The molecule has 17 heavy (non-hydrogen) atoms. The van der Waals surface area contributed by atoms with Gasteiger partial charge < -0.3 is 4.74 Å². The van der Waals surface area contributed by atoms with E-state index in [0.717, 1.165) is 25.1 Å². The van der Waals surface area contributed by atoms with Gasteiger partial charge in [0.2, 0.25) is 0 Å². The fourth-order valence-corrected chi connectivity index (χ4v) is 2.26. The van der Waals surface area contributed by atoms with Gasteiger partial charge >= 0.3 is 0 Å². The molecule has 0 saturated carbocycles. The maximum Gasteiger partial charge on any atom is 0.0905 e. The van der Waals surface area contributed by atoms with Crippen LogP contribution < -0.4 is 11.3 Å². The normalized spacial score (nSPS) is 14.9. The summed E-state index contributed by atoms with van der Waals surface area (Å²) < 4.78 is 7.32. The van der Waals surface area contributed by atoms with Crippen LogP contribution in [0.3, 0.4) is 0 Å². The predicted molar refractivity (Wildman–Crippen MR) is 68.7 cm³/mol. The van der Waals surface area contributed by atoms with E-state index >= 15 is 0 Å². The molecular formula is C11H21ClN4O. The van der Waals surface area contributed by atoms with Crippen molar-refractivity contribution in [1.29, 1.82) is 0 Å². The zero-order valence-corrected chi connectivity index (χ0v) is 11.4. The van der Waals surface area contributed by atoms with E-state index in [1.165, 1.54) is 0 Å². The van der Waals surface area contributed by atoms with Crippen LogP contribution in [0.1, 0.15) is 38.4 Å². The molecule has 0 spiro atoms. The Morgan fingerprint density at radius 1 is 1.59 bits per heavy atom. The Balaban J connectivity index is 3.02. The van der Waals surface area contributed by atoms with Gasteiger partial charge in [-0.05, 0) is 13.3 Å². The number of ether oxygens (including phenoxy) is 1. The first-order valence-electron chi connectivity index (χ1n) is 5.89. The molecule has 2 unspecified atom stereocenters. The molecule has 2 atom stereocenters. The molecule has 6 heteroatoms. The van der Waals surface area contributed by atoms with Gasteiger partial charge in [0.05, 0.1) is 29.1 Å². The van der Waals surface area contributed by atoms with Crippen LogP contribution in [0.4, 0.5) is 0 Å². The second-order valence-electron chi connectivity index (χ2n) is 3.90. The van der Waals surface area contributed by atoms with E-state index < -0.39 is 0 Å². The maximum atomic E-state index is 6.16. The van der Waals surface area contributed by atoms with Gasteiger partial charge in [-0.3, -0.25) is 10.5 Å². The van der Waals surface area contributed by atoms with Crippen LogP contribution >= 0.6 is 11.6 Å². The second kappa shape index (κ2) is 6.96. The molecule has 5 nitrogen and oxygen atoms in total. The van der Waals surface area contributed by atoms with E-state index in [0.29, 0.717) is 5.02 Å². The largest absolute Gasteiger partial charge is 0.379 e. The lowest BCUT2D eigenvalue weighted by Crippen LogP contribution is -2.39. The van der Waals surface area contributed by atoms with Gasteiger partial charge in [0.25, 0.3) is 0 Å². The number of halogens is 1. The third-order valence-electron chi connectivity index (χ3n) is 2.85. The fraction of sp³-hybridized carbons (Fsp3) is 0.727. The molecule has 1 aromatic heterocycles. The Morgan fingerprint density at radius 3 is 2.76 bits per heavy atom. The summed E-state index contributed by atoms with van der Waals surface area (Å²) in [7, 11) is 1.69. The van der Waals surface area contributed by atoms with Gasteiger partial charge in [-0.2, -0.15) is 5.10 Å². The minimum Gasteiger partial charge on any atom is -0.379 e. The SMILES string of the molecule is CCCC(OC)C(NN)c1c(Cl)cnn1CC. The van der Waals surface area contributed by atoms with Crippen molar-refractivity contribution in [1.82, 2.24) is 15.2 Å². The van der Waals surface area contributed by atoms with Crippen molar-refractivity contribution in [3.63, 3.8) is 0 Å². The fourth-order valence-electron chi connectivity index (χ4n) is 2.00. The molecule has 3 N–H and O–H groups in total. The number of hydrogen-bond donors (Lipinski definition) is 2. The predicted octanol–water partition coefficient (Wildman–Crippen LogP) is 1.88. The number of hydrogen-bond acceptors (Lipinski definition) is 4. The minimum atomic E-state index is -0.144. The highest BCUT2D eigenvalue weighted by molar-refractivity contribution is 6.31. The molecular weight excluding hydrogens is 240 g/mol. The number of nitrogens with two attached hydrogens (primary N) is 1. The van der Waals surface area contributed by atoms with Gasteiger partial charge in [-0.15, -0.1) is 0 Å². The van der Waals surface area contributed by atoms with Crippen LogP contribution in [0.15, 0.2) is 6.20 Å². The summed E-state index contributed by atoms with van der Waals surface area (Å²) >= 11 is 6.16. The van der Waals surface area contributed by atoms with E-state index in [-0.39, 0.29) is 12.1 Å². The Labute approximate surface area is 107 Å². The summed E-state index contributed by atoms with van der Waals surface area (Å²) in [5.74, 6) is 5.63. The van der Waals surface area contributed by atoms with Gasteiger partial charge in [-0.25, -0.2) is 5.43 Å². The van der Waals surface area contributed by atoms with Gasteiger partial charge in [0.1, 0.15) is 0 Å². The monoisotopic (exact) mass is 260 g/mol. The number of nitrogens with zero attached hydrogens (tertiary/aromatic N) is 2. The summed E-state index contributed by atoms with van der Waals surface area (Å²) in [5, 5.41) is 4.83. The smallest absolute Gasteiger partial charge is 0.0905 e. The van der Waals surface area contributed by atoms with Crippen molar-refractivity contribution >= 4 is 11.6 Å².